The third-order valence-electron chi connectivity index (χ3n) is 4.38. The van der Waals surface area contributed by atoms with Crippen LogP contribution in [0.25, 0.3) is 11.4 Å². The Morgan fingerprint density at radius 3 is 2.72 bits per heavy atom. The molecule has 1 N–H and O–H groups in total. The van der Waals surface area contributed by atoms with Crippen molar-refractivity contribution in [1.29, 1.82) is 0 Å². The van der Waals surface area contributed by atoms with Crippen LogP contribution in [-0.2, 0) is 9.47 Å². The zero-order valence-corrected chi connectivity index (χ0v) is 12.9. The van der Waals surface area contributed by atoms with Crippen LogP contribution in [0.5, 0.6) is 5.75 Å². The Balaban J connectivity index is 1.70. The van der Waals surface area contributed by atoms with Gasteiger partial charge in [0.1, 0.15) is 29.9 Å². The molecular formula is C16H15F3N2O4. The molecule has 2 saturated heterocycles. The van der Waals surface area contributed by atoms with E-state index in [0.29, 0.717) is 5.82 Å². The summed E-state index contributed by atoms with van der Waals surface area (Å²) in [5.74, 6) is -0.00983. The molecule has 0 bridgehead atoms. The Morgan fingerprint density at radius 2 is 1.92 bits per heavy atom. The number of hydrogen-bond donors (Lipinski definition) is 1. The maximum Gasteiger partial charge on any atom is 0.573 e. The molecule has 2 fully saturated rings. The third kappa shape index (κ3) is 2.99. The van der Waals surface area contributed by atoms with Crippen molar-refractivity contribution >= 4 is 0 Å². The Labute approximate surface area is 140 Å². The minimum absolute atomic E-state index is 0.170. The highest BCUT2D eigenvalue weighted by Crippen LogP contribution is 2.39. The summed E-state index contributed by atoms with van der Waals surface area (Å²) in [5, 5.41) is 9.85. The number of para-hydroxylation sites is 1. The molecule has 4 rings (SSSR count). The van der Waals surface area contributed by atoms with E-state index in [1.165, 1.54) is 24.4 Å². The second kappa shape index (κ2) is 6.01. The number of rotatable bonds is 3. The average Bonchev–Trinajstić information content (AvgIpc) is 3.24. The fourth-order valence-electron chi connectivity index (χ4n) is 3.35. The van der Waals surface area contributed by atoms with Crippen molar-refractivity contribution in [2.45, 2.75) is 30.7 Å². The molecule has 0 aliphatic carbocycles. The predicted molar refractivity (Wildman–Crippen MR) is 78.9 cm³/mol. The van der Waals surface area contributed by atoms with Crippen LogP contribution < -0.4 is 4.74 Å². The van der Waals surface area contributed by atoms with Gasteiger partial charge in [0.15, 0.2) is 0 Å². The number of ether oxygens (including phenoxy) is 3. The van der Waals surface area contributed by atoms with Gasteiger partial charge in [0.2, 0.25) is 0 Å². The molecule has 0 amide bonds. The average molecular weight is 356 g/mol. The molecule has 1 aromatic heterocycles. The van der Waals surface area contributed by atoms with Gasteiger partial charge in [0.25, 0.3) is 0 Å². The van der Waals surface area contributed by atoms with E-state index in [2.05, 4.69) is 9.72 Å². The molecule has 0 radical (unpaired) electrons. The van der Waals surface area contributed by atoms with E-state index >= 15 is 0 Å². The fourth-order valence-corrected chi connectivity index (χ4v) is 3.35. The molecule has 6 nitrogen and oxygen atoms in total. The minimum Gasteiger partial charge on any atom is -0.405 e. The molecule has 0 spiro atoms. The van der Waals surface area contributed by atoms with Gasteiger partial charge < -0.3 is 23.9 Å². The Morgan fingerprint density at radius 1 is 1.16 bits per heavy atom. The first-order valence-electron chi connectivity index (χ1n) is 7.73. The van der Waals surface area contributed by atoms with Gasteiger partial charge in [-0.15, -0.1) is 13.2 Å². The standard InChI is InChI=1S/C16H15F3N2O4/c17-16(18,19)25-12-4-2-1-3-9(12)15-20-5-6-21(15)10-7-23-14-11(22)8-24-13(10)14/h1-6,10-11,13-14,22H,7-8H2/t10-,11+,13+,14+/m0/s1. The van der Waals surface area contributed by atoms with Gasteiger partial charge in [0, 0.05) is 12.4 Å². The van der Waals surface area contributed by atoms with Gasteiger partial charge in [-0.2, -0.15) is 0 Å². The lowest BCUT2D eigenvalue weighted by Gasteiger charge is -2.20. The van der Waals surface area contributed by atoms with Crippen LogP contribution in [0, 0.1) is 0 Å². The molecule has 4 atom stereocenters. The first-order valence-corrected chi connectivity index (χ1v) is 7.73. The second-order valence-corrected chi connectivity index (χ2v) is 5.93. The van der Waals surface area contributed by atoms with Gasteiger partial charge >= 0.3 is 6.36 Å². The van der Waals surface area contributed by atoms with E-state index in [0.717, 1.165) is 0 Å². The van der Waals surface area contributed by atoms with Crippen molar-refractivity contribution in [3.05, 3.63) is 36.7 Å². The van der Waals surface area contributed by atoms with Gasteiger partial charge in [-0.3, -0.25) is 0 Å². The fraction of sp³-hybridized carbons (Fsp3) is 0.438. The lowest BCUT2D eigenvalue weighted by molar-refractivity contribution is -0.274. The molecular weight excluding hydrogens is 341 g/mol. The van der Waals surface area contributed by atoms with Crippen LogP contribution in [0.3, 0.4) is 0 Å². The zero-order chi connectivity index (χ0) is 17.6. The molecule has 0 unspecified atom stereocenters. The number of nitrogens with zero attached hydrogens (tertiary/aromatic N) is 2. The van der Waals surface area contributed by atoms with E-state index in [1.807, 2.05) is 0 Å². The van der Waals surface area contributed by atoms with E-state index in [1.54, 1.807) is 16.8 Å². The molecule has 9 heteroatoms. The monoisotopic (exact) mass is 356 g/mol. The summed E-state index contributed by atoms with van der Waals surface area (Å²) in [6.07, 6.45) is -3.17. The smallest absolute Gasteiger partial charge is 0.405 e. The number of imidazole rings is 1. The van der Waals surface area contributed by atoms with E-state index in [4.69, 9.17) is 9.47 Å². The van der Waals surface area contributed by atoms with Crippen LogP contribution in [0.2, 0.25) is 0 Å². The second-order valence-electron chi connectivity index (χ2n) is 5.93. The summed E-state index contributed by atoms with van der Waals surface area (Å²) in [5.41, 5.74) is 0.215. The number of halogens is 3. The van der Waals surface area contributed by atoms with Crippen LogP contribution in [0.15, 0.2) is 36.7 Å². The number of hydrogen-bond acceptors (Lipinski definition) is 5. The van der Waals surface area contributed by atoms with Crippen LogP contribution in [0.1, 0.15) is 6.04 Å². The highest BCUT2D eigenvalue weighted by molar-refractivity contribution is 5.64. The Hall–Kier alpha value is -2.10. The van der Waals surface area contributed by atoms with Crippen molar-refractivity contribution < 1.29 is 32.5 Å². The van der Waals surface area contributed by atoms with E-state index in [-0.39, 0.29) is 36.7 Å². The van der Waals surface area contributed by atoms with Crippen molar-refractivity contribution in [1.82, 2.24) is 9.55 Å². The number of aliphatic hydroxyl groups excluding tert-OH is 1. The maximum atomic E-state index is 12.7. The number of benzene rings is 1. The summed E-state index contributed by atoms with van der Waals surface area (Å²) < 4.78 is 55.0. The molecule has 2 aromatic rings. The van der Waals surface area contributed by atoms with Crippen molar-refractivity contribution in [3.8, 4) is 17.1 Å². The molecule has 0 saturated carbocycles. The Bertz CT molecular complexity index is 764. The topological polar surface area (TPSA) is 65.7 Å². The molecule has 2 aliphatic rings. The number of aliphatic hydroxyl groups is 1. The summed E-state index contributed by atoms with van der Waals surface area (Å²) >= 11 is 0. The van der Waals surface area contributed by atoms with E-state index in [9.17, 15) is 18.3 Å². The van der Waals surface area contributed by atoms with Gasteiger partial charge in [0.05, 0.1) is 24.8 Å². The SMILES string of the molecule is O[C@@H]1CO[C@H]2[C@@H]1OC[C@@H]2n1ccnc1-c1ccccc1OC(F)(F)F. The first-order chi connectivity index (χ1) is 11.9. The van der Waals surface area contributed by atoms with Crippen LogP contribution in [0.4, 0.5) is 13.2 Å². The lowest BCUT2D eigenvalue weighted by Crippen LogP contribution is -2.30. The van der Waals surface area contributed by atoms with Crippen LogP contribution >= 0.6 is 0 Å². The van der Waals surface area contributed by atoms with Crippen molar-refractivity contribution in [2.75, 3.05) is 13.2 Å². The molecule has 2 aliphatic heterocycles. The van der Waals surface area contributed by atoms with Crippen molar-refractivity contribution in [3.63, 3.8) is 0 Å². The molecule has 25 heavy (non-hydrogen) atoms. The Kier molecular flexibility index (Phi) is 3.94. The molecule has 3 heterocycles. The third-order valence-corrected chi connectivity index (χ3v) is 4.38. The number of alkyl halides is 3. The van der Waals surface area contributed by atoms with Gasteiger partial charge in [-0.1, -0.05) is 12.1 Å². The maximum absolute atomic E-state index is 12.7. The summed E-state index contributed by atoms with van der Waals surface area (Å²) in [4.78, 5) is 4.20. The van der Waals surface area contributed by atoms with Crippen molar-refractivity contribution in [2.24, 2.45) is 0 Å². The largest absolute Gasteiger partial charge is 0.573 e. The summed E-state index contributed by atoms with van der Waals surface area (Å²) in [7, 11) is 0. The summed E-state index contributed by atoms with van der Waals surface area (Å²) in [6.45, 7) is 0.446. The molecule has 134 valence electrons. The molecule has 1 aromatic carbocycles. The number of fused-ring (bicyclic) bond motifs is 1. The highest BCUT2D eigenvalue weighted by Gasteiger charge is 2.48. The van der Waals surface area contributed by atoms with Gasteiger partial charge in [-0.05, 0) is 12.1 Å². The number of aromatic nitrogens is 2. The van der Waals surface area contributed by atoms with Gasteiger partial charge in [-0.25, -0.2) is 4.98 Å². The first kappa shape index (κ1) is 16.4. The summed E-state index contributed by atoms with van der Waals surface area (Å²) in [6, 6.07) is 5.53. The predicted octanol–water partition coefficient (Wildman–Crippen LogP) is 2.15. The zero-order valence-electron chi connectivity index (χ0n) is 12.9. The van der Waals surface area contributed by atoms with E-state index < -0.39 is 18.6 Å². The lowest BCUT2D eigenvalue weighted by atomic mass is 10.1. The normalized spacial score (nSPS) is 29.0. The highest BCUT2D eigenvalue weighted by atomic mass is 19.4. The van der Waals surface area contributed by atoms with Crippen LogP contribution in [-0.4, -0.2) is 52.5 Å². The quantitative estimate of drug-likeness (QED) is 0.913. The minimum atomic E-state index is -4.80.